The molecule has 1 saturated heterocycles. The van der Waals surface area contributed by atoms with E-state index in [2.05, 4.69) is 9.97 Å². The van der Waals surface area contributed by atoms with E-state index in [0.29, 0.717) is 21.7 Å². The minimum absolute atomic E-state index is 0.108. The highest BCUT2D eigenvalue weighted by atomic mass is 35.5. The molecular formula is C12H11ClN2O2. The van der Waals surface area contributed by atoms with E-state index in [1.807, 2.05) is 0 Å². The summed E-state index contributed by atoms with van der Waals surface area (Å²) in [5.41, 5.74) is 0.381. The van der Waals surface area contributed by atoms with Gasteiger partial charge in [-0.25, -0.2) is 4.98 Å². The summed E-state index contributed by atoms with van der Waals surface area (Å²) in [6.45, 7) is 0.717. The fraction of sp³-hybridized carbons (Fsp3) is 0.333. The Bertz CT molecular complexity index is 617. The molecule has 0 radical (unpaired) electrons. The van der Waals surface area contributed by atoms with Crippen LogP contribution < -0.4 is 5.56 Å². The molecule has 1 aromatic heterocycles. The predicted octanol–water partition coefficient (Wildman–Crippen LogP) is 2.43. The van der Waals surface area contributed by atoms with Gasteiger partial charge in [0, 0.05) is 6.61 Å². The van der Waals surface area contributed by atoms with Gasteiger partial charge in [0.2, 0.25) is 0 Å². The number of hydrogen-bond donors (Lipinski definition) is 1. The number of halogens is 1. The van der Waals surface area contributed by atoms with E-state index in [0.717, 1.165) is 19.4 Å². The fourth-order valence-corrected chi connectivity index (χ4v) is 2.31. The van der Waals surface area contributed by atoms with Crippen LogP contribution >= 0.6 is 11.6 Å². The summed E-state index contributed by atoms with van der Waals surface area (Å²) in [6.07, 6.45) is 1.77. The first kappa shape index (κ1) is 10.7. The molecule has 1 aliphatic heterocycles. The molecule has 1 aliphatic rings. The number of nitrogens with one attached hydrogen (secondary N) is 1. The number of benzene rings is 1. The first-order valence-electron chi connectivity index (χ1n) is 5.56. The van der Waals surface area contributed by atoms with E-state index in [-0.39, 0.29) is 11.7 Å². The molecule has 0 amide bonds. The van der Waals surface area contributed by atoms with Gasteiger partial charge in [-0.05, 0) is 25.0 Å². The van der Waals surface area contributed by atoms with Crippen LogP contribution in [-0.2, 0) is 4.74 Å². The molecule has 0 aliphatic carbocycles. The van der Waals surface area contributed by atoms with Crippen LogP contribution in [0.25, 0.3) is 10.9 Å². The van der Waals surface area contributed by atoms with Gasteiger partial charge in [-0.2, -0.15) is 0 Å². The lowest BCUT2D eigenvalue weighted by molar-refractivity contribution is 0.105. The van der Waals surface area contributed by atoms with Crippen LogP contribution in [0.4, 0.5) is 0 Å². The minimum Gasteiger partial charge on any atom is -0.370 e. The van der Waals surface area contributed by atoms with Crippen molar-refractivity contribution in [2.75, 3.05) is 6.61 Å². The Morgan fingerprint density at radius 1 is 1.47 bits per heavy atom. The van der Waals surface area contributed by atoms with E-state index in [4.69, 9.17) is 16.3 Å². The molecule has 17 heavy (non-hydrogen) atoms. The minimum atomic E-state index is -0.164. The fourth-order valence-electron chi connectivity index (χ4n) is 2.09. The summed E-state index contributed by atoms with van der Waals surface area (Å²) in [4.78, 5) is 19.1. The quantitative estimate of drug-likeness (QED) is 0.846. The molecule has 4 nitrogen and oxygen atoms in total. The van der Waals surface area contributed by atoms with Gasteiger partial charge in [0.05, 0.1) is 15.9 Å². The van der Waals surface area contributed by atoms with Gasteiger partial charge < -0.3 is 9.72 Å². The summed E-state index contributed by atoms with van der Waals surface area (Å²) in [7, 11) is 0. The van der Waals surface area contributed by atoms with E-state index >= 15 is 0 Å². The number of hydrogen-bond acceptors (Lipinski definition) is 3. The second kappa shape index (κ2) is 4.13. The number of fused-ring (bicyclic) bond motifs is 1. The highest BCUT2D eigenvalue weighted by Gasteiger charge is 2.21. The topological polar surface area (TPSA) is 55.0 Å². The molecule has 5 heteroatoms. The Balaban J connectivity index is 2.22. The molecule has 1 N–H and O–H groups in total. The smallest absolute Gasteiger partial charge is 0.258 e. The summed E-state index contributed by atoms with van der Waals surface area (Å²) < 4.78 is 5.51. The average molecular weight is 251 g/mol. The van der Waals surface area contributed by atoms with Crippen molar-refractivity contribution in [2.45, 2.75) is 18.9 Å². The van der Waals surface area contributed by atoms with Gasteiger partial charge in [0.25, 0.3) is 5.56 Å². The number of para-hydroxylation sites is 1. The number of ether oxygens (including phenoxy) is 1. The maximum absolute atomic E-state index is 11.9. The molecule has 2 heterocycles. The monoisotopic (exact) mass is 250 g/mol. The van der Waals surface area contributed by atoms with Crippen molar-refractivity contribution in [3.05, 3.63) is 39.4 Å². The summed E-state index contributed by atoms with van der Waals surface area (Å²) in [6, 6.07) is 5.19. The molecule has 1 atom stereocenters. The first-order valence-corrected chi connectivity index (χ1v) is 5.93. The van der Waals surface area contributed by atoms with Crippen molar-refractivity contribution in [2.24, 2.45) is 0 Å². The second-order valence-electron chi connectivity index (χ2n) is 4.09. The highest BCUT2D eigenvalue weighted by molar-refractivity contribution is 6.34. The zero-order valence-corrected chi connectivity index (χ0v) is 9.83. The third-order valence-electron chi connectivity index (χ3n) is 2.94. The van der Waals surface area contributed by atoms with E-state index in [1.54, 1.807) is 18.2 Å². The van der Waals surface area contributed by atoms with Gasteiger partial charge in [-0.3, -0.25) is 4.79 Å². The standard InChI is InChI=1S/C12H11ClN2O2/c13-8-4-1-3-7-10(8)14-11(15-12(7)16)9-5-2-6-17-9/h1,3-4,9H,2,5-6H2,(H,14,15,16). The average Bonchev–Trinajstić information content (AvgIpc) is 2.84. The van der Waals surface area contributed by atoms with Crippen LogP contribution in [0, 0.1) is 0 Å². The largest absolute Gasteiger partial charge is 0.370 e. The van der Waals surface area contributed by atoms with Crippen LogP contribution in [0.1, 0.15) is 24.8 Å². The molecule has 0 spiro atoms. The summed E-state index contributed by atoms with van der Waals surface area (Å²) in [5, 5.41) is 1.01. The maximum atomic E-state index is 11.9. The Morgan fingerprint density at radius 3 is 3.12 bits per heavy atom. The third-order valence-corrected chi connectivity index (χ3v) is 3.24. The Kier molecular flexibility index (Phi) is 2.61. The maximum Gasteiger partial charge on any atom is 0.258 e. The number of rotatable bonds is 1. The second-order valence-corrected chi connectivity index (χ2v) is 4.50. The van der Waals surface area contributed by atoms with E-state index in [9.17, 15) is 4.79 Å². The van der Waals surface area contributed by atoms with Crippen molar-refractivity contribution in [1.29, 1.82) is 0 Å². The van der Waals surface area contributed by atoms with Crippen molar-refractivity contribution in [1.82, 2.24) is 9.97 Å². The van der Waals surface area contributed by atoms with Gasteiger partial charge in [-0.15, -0.1) is 0 Å². The molecule has 1 unspecified atom stereocenters. The number of aromatic nitrogens is 2. The Labute approximate surface area is 103 Å². The molecule has 3 rings (SSSR count). The van der Waals surface area contributed by atoms with Crippen molar-refractivity contribution >= 4 is 22.5 Å². The zero-order chi connectivity index (χ0) is 11.8. The SMILES string of the molecule is O=c1[nH]c(C2CCCO2)nc2c(Cl)cccc12. The number of aromatic amines is 1. The van der Waals surface area contributed by atoms with Gasteiger partial charge in [-0.1, -0.05) is 17.7 Å². The Hall–Kier alpha value is -1.39. The summed E-state index contributed by atoms with van der Waals surface area (Å²) in [5.74, 6) is 0.577. The molecule has 1 aromatic carbocycles. The van der Waals surface area contributed by atoms with Crippen LogP contribution in [-0.4, -0.2) is 16.6 Å². The predicted molar refractivity (Wildman–Crippen MR) is 65.3 cm³/mol. The lowest BCUT2D eigenvalue weighted by Gasteiger charge is -2.09. The molecule has 88 valence electrons. The lowest BCUT2D eigenvalue weighted by atomic mass is 10.2. The number of H-pyrrole nitrogens is 1. The van der Waals surface area contributed by atoms with E-state index in [1.165, 1.54) is 0 Å². The Morgan fingerprint density at radius 2 is 2.35 bits per heavy atom. The van der Waals surface area contributed by atoms with Crippen molar-refractivity contribution < 1.29 is 4.74 Å². The normalized spacial score (nSPS) is 19.9. The first-order chi connectivity index (χ1) is 8.25. The molecule has 1 fully saturated rings. The van der Waals surface area contributed by atoms with Crippen LogP contribution in [0.5, 0.6) is 0 Å². The molecule has 2 aromatic rings. The molecular weight excluding hydrogens is 240 g/mol. The third kappa shape index (κ3) is 1.83. The van der Waals surface area contributed by atoms with E-state index < -0.39 is 0 Å². The lowest BCUT2D eigenvalue weighted by Crippen LogP contribution is -2.14. The van der Waals surface area contributed by atoms with Crippen molar-refractivity contribution in [3.63, 3.8) is 0 Å². The van der Waals surface area contributed by atoms with Crippen LogP contribution in [0.3, 0.4) is 0 Å². The molecule has 0 bridgehead atoms. The van der Waals surface area contributed by atoms with Crippen LogP contribution in [0.15, 0.2) is 23.0 Å². The van der Waals surface area contributed by atoms with Gasteiger partial charge in [0.1, 0.15) is 11.9 Å². The van der Waals surface area contributed by atoms with Crippen molar-refractivity contribution in [3.8, 4) is 0 Å². The van der Waals surface area contributed by atoms with Gasteiger partial charge >= 0.3 is 0 Å². The highest BCUT2D eigenvalue weighted by Crippen LogP contribution is 2.27. The number of nitrogens with zero attached hydrogens (tertiary/aromatic N) is 1. The zero-order valence-electron chi connectivity index (χ0n) is 9.07. The van der Waals surface area contributed by atoms with Gasteiger partial charge in [0.15, 0.2) is 0 Å². The molecule has 0 saturated carbocycles. The van der Waals surface area contributed by atoms with Crippen LogP contribution in [0.2, 0.25) is 5.02 Å². The summed E-state index contributed by atoms with van der Waals surface area (Å²) >= 11 is 6.05.